The Labute approximate surface area is 121 Å². The van der Waals surface area contributed by atoms with Crippen molar-refractivity contribution >= 4 is 15.8 Å². The van der Waals surface area contributed by atoms with Crippen molar-refractivity contribution in [2.75, 3.05) is 25.5 Å². The molecule has 0 fully saturated rings. The summed E-state index contributed by atoms with van der Waals surface area (Å²) < 4.78 is 32.4. The number of aromatic nitrogens is 1. The normalized spacial score (nSPS) is 12.4. The van der Waals surface area contributed by atoms with E-state index in [-0.39, 0.29) is 11.4 Å². The van der Waals surface area contributed by atoms with Crippen LogP contribution in [-0.2, 0) is 14.8 Å². The average Bonchev–Trinajstić information content (AvgIpc) is 2.43. The number of anilines is 1. The molecule has 1 aromatic rings. The van der Waals surface area contributed by atoms with Gasteiger partial charge in [-0.05, 0) is 32.4 Å². The standard InChI is InChI=1S/C13H23N3O3S/c1-5-8-14-12-11(7-6-9-15-12)20(17,18)16-10-13(2,3)19-4/h6-7,9,16H,5,8,10H2,1-4H3,(H,14,15). The van der Waals surface area contributed by atoms with E-state index in [4.69, 9.17) is 4.74 Å². The van der Waals surface area contributed by atoms with Gasteiger partial charge in [0.05, 0.1) is 5.60 Å². The Morgan fingerprint density at radius 3 is 2.70 bits per heavy atom. The van der Waals surface area contributed by atoms with E-state index in [2.05, 4.69) is 15.0 Å². The molecule has 0 amide bonds. The van der Waals surface area contributed by atoms with E-state index in [0.29, 0.717) is 12.4 Å². The number of ether oxygens (including phenoxy) is 1. The highest BCUT2D eigenvalue weighted by Gasteiger charge is 2.24. The van der Waals surface area contributed by atoms with Gasteiger partial charge in [0, 0.05) is 26.4 Å². The fourth-order valence-electron chi connectivity index (χ4n) is 1.40. The Morgan fingerprint density at radius 1 is 1.40 bits per heavy atom. The molecule has 1 rings (SSSR count). The van der Waals surface area contributed by atoms with Crippen LogP contribution in [0.25, 0.3) is 0 Å². The third-order valence-corrected chi connectivity index (χ3v) is 4.28. The van der Waals surface area contributed by atoms with Crippen LogP contribution in [0.5, 0.6) is 0 Å². The second kappa shape index (κ2) is 7.01. The van der Waals surface area contributed by atoms with Gasteiger partial charge in [0.2, 0.25) is 10.0 Å². The van der Waals surface area contributed by atoms with Crippen molar-refractivity contribution in [3.63, 3.8) is 0 Å². The molecule has 2 N–H and O–H groups in total. The number of nitrogens with one attached hydrogen (secondary N) is 2. The lowest BCUT2D eigenvalue weighted by molar-refractivity contribution is 0.0276. The van der Waals surface area contributed by atoms with Crippen LogP contribution in [0.2, 0.25) is 0 Å². The second-order valence-corrected chi connectivity index (χ2v) is 6.80. The highest BCUT2D eigenvalue weighted by molar-refractivity contribution is 7.89. The minimum absolute atomic E-state index is 0.153. The lowest BCUT2D eigenvalue weighted by Crippen LogP contribution is -2.39. The minimum Gasteiger partial charge on any atom is -0.377 e. The van der Waals surface area contributed by atoms with Crippen molar-refractivity contribution in [1.29, 1.82) is 0 Å². The van der Waals surface area contributed by atoms with Gasteiger partial charge in [0.1, 0.15) is 10.7 Å². The molecule has 0 bridgehead atoms. The van der Waals surface area contributed by atoms with Gasteiger partial charge in [0.25, 0.3) is 0 Å². The number of sulfonamides is 1. The maximum absolute atomic E-state index is 12.3. The molecule has 0 aromatic carbocycles. The summed E-state index contributed by atoms with van der Waals surface area (Å²) in [4.78, 5) is 4.24. The summed E-state index contributed by atoms with van der Waals surface area (Å²) in [5, 5.41) is 3.02. The molecule has 0 radical (unpaired) electrons. The number of nitrogens with zero attached hydrogens (tertiary/aromatic N) is 1. The van der Waals surface area contributed by atoms with Gasteiger partial charge in [-0.25, -0.2) is 18.1 Å². The van der Waals surface area contributed by atoms with E-state index in [9.17, 15) is 8.42 Å². The smallest absolute Gasteiger partial charge is 0.244 e. The van der Waals surface area contributed by atoms with Crippen LogP contribution in [0.4, 0.5) is 5.82 Å². The van der Waals surface area contributed by atoms with Crippen molar-refractivity contribution in [2.45, 2.75) is 37.7 Å². The van der Waals surface area contributed by atoms with Crippen molar-refractivity contribution in [2.24, 2.45) is 0 Å². The molecule has 0 aliphatic rings. The first-order valence-corrected chi connectivity index (χ1v) is 8.04. The molecule has 0 aliphatic carbocycles. The van der Waals surface area contributed by atoms with E-state index in [1.807, 2.05) is 20.8 Å². The number of methoxy groups -OCH3 is 1. The van der Waals surface area contributed by atoms with Gasteiger partial charge in [-0.1, -0.05) is 6.92 Å². The number of hydrogen-bond acceptors (Lipinski definition) is 5. The molecule has 114 valence electrons. The molecule has 1 aromatic heterocycles. The maximum Gasteiger partial charge on any atom is 0.244 e. The molecule has 0 unspecified atom stereocenters. The first kappa shape index (κ1) is 16.9. The summed E-state index contributed by atoms with van der Waals surface area (Å²) in [6.07, 6.45) is 2.45. The van der Waals surface area contributed by atoms with Crippen LogP contribution in [0.15, 0.2) is 23.2 Å². The number of rotatable bonds is 8. The van der Waals surface area contributed by atoms with Gasteiger partial charge >= 0.3 is 0 Å². The van der Waals surface area contributed by atoms with E-state index in [1.165, 1.54) is 6.07 Å². The minimum atomic E-state index is -3.62. The van der Waals surface area contributed by atoms with Gasteiger partial charge < -0.3 is 10.1 Å². The molecule has 20 heavy (non-hydrogen) atoms. The highest BCUT2D eigenvalue weighted by Crippen LogP contribution is 2.18. The largest absolute Gasteiger partial charge is 0.377 e. The summed E-state index contributed by atoms with van der Waals surface area (Å²) >= 11 is 0. The van der Waals surface area contributed by atoms with Crippen LogP contribution in [-0.4, -0.2) is 39.2 Å². The lowest BCUT2D eigenvalue weighted by atomic mass is 10.1. The average molecular weight is 301 g/mol. The van der Waals surface area contributed by atoms with Gasteiger partial charge in [-0.15, -0.1) is 0 Å². The van der Waals surface area contributed by atoms with E-state index < -0.39 is 15.6 Å². The van der Waals surface area contributed by atoms with Crippen LogP contribution < -0.4 is 10.0 Å². The fourth-order valence-corrected chi connectivity index (χ4v) is 2.73. The number of pyridine rings is 1. The van der Waals surface area contributed by atoms with E-state index >= 15 is 0 Å². The summed E-state index contributed by atoms with van der Waals surface area (Å²) in [5.41, 5.74) is -0.563. The summed E-state index contributed by atoms with van der Waals surface area (Å²) in [6, 6.07) is 3.14. The Kier molecular flexibility index (Phi) is 5.91. The second-order valence-electron chi connectivity index (χ2n) is 5.07. The van der Waals surface area contributed by atoms with E-state index in [1.54, 1.807) is 19.4 Å². The zero-order valence-electron chi connectivity index (χ0n) is 12.4. The summed E-state index contributed by atoms with van der Waals surface area (Å²) in [5.74, 6) is 0.372. The Morgan fingerprint density at radius 2 is 2.10 bits per heavy atom. The summed E-state index contributed by atoms with van der Waals surface area (Å²) in [7, 11) is -2.07. The van der Waals surface area contributed by atoms with Crippen LogP contribution in [0.3, 0.4) is 0 Å². The van der Waals surface area contributed by atoms with Crippen molar-refractivity contribution < 1.29 is 13.2 Å². The van der Waals surface area contributed by atoms with Gasteiger partial charge in [-0.3, -0.25) is 0 Å². The maximum atomic E-state index is 12.3. The monoisotopic (exact) mass is 301 g/mol. The third-order valence-electron chi connectivity index (χ3n) is 2.84. The zero-order chi connectivity index (χ0) is 15.2. The van der Waals surface area contributed by atoms with Gasteiger partial charge in [-0.2, -0.15) is 0 Å². The molecular formula is C13H23N3O3S. The predicted molar refractivity (Wildman–Crippen MR) is 79.3 cm³/mol. The Bertz CT molecular complexity index is 529. The molecule has 0 saturated heterocycles. The molecule has 0 atom stereocenters. The predicted octanol–water partition coefficient (Wildman–Crippen LogP) is 1.61. The summed E-state index contributed by atoms with van der Waals surface area (Å²) in [6.45, 7) is 6.49. The zero-order valence-corrected chi connectivity index (χ0v) is 13.3. The van der Waals surface area contributed by atoms with Crippen LogP contribution >= 0.6 is 0 Å². The Balaban J connectivity index is 2.92. The molecule has 1 heterocycles. The molecule has 0 spiro atoms. The van der Waals surface area contributed by atoms with E-state index in [0.717, 1.165) is 6.42 Å². The quantitative estimate of drug-likeness (QED) is 0.762. The molecule has 7 heteroatoms. The SMILES string of the molecule is CCCNc1ncccc1S(=O)(=O)NCC(C)(C)OC. The first-order chi connectivity index (χ1) is 9.32. The lowest BCUT2D eigenvalue weighted by Gasteiger charge is -2.23. The molecule has 0 saturated carbocycles. The fraction of sp³-hybridized carbons (Fsp3) is 0.615. The van der Waals surface area contributed by atoms with Crippen LogP contribution in [0.1, 0.15) is 27.2 Å². The van der Waals surface area contributed by atoms with Crippen molar-refractivity contribution in [1.82, 2.24) is 9.71 Å². The number of hydrogen-bond donors (Lipinski definition) is 2. The first-order valence-electron chi connectivity index (χ1n) is 6.56. The highest BCUT2D eigenvalue weighted by atomic mass is 32.2. The Hall–Kier alpha value is -1.18. The molecule has 0 aliphatic heterocycles. The third kappa shape index (κ3) is 4.73. The topological polar surface area (TPSA) is 80.3 Å². The molecule has 6 nitrogen and oxygen atoms in total. The van der Waals surface area contributed by atoms with Crippen molar-refractivity contribution in [3.05, 3.63) is 18.3 Å². The van der Waals surface area contributed by atoms with Crippen LogP contribution in [0, 0.1) is 0 Å². The molecular weight excluding hydrogens is 278 g/mol. The van der Waals surface area contributed by atoms with Crippen molar-refractivity contribution in [3.8, 4) is 0 Å². The van der Waals surface area contributed by atoms with Gasteiger partial charge in [0.15, 0.2) is 0 Å².